The summed E-state index contributed by atoms with van der Waals surface area (Å²) < 4.78 is 2.81. The van der Waals surface area contributed by atoms with E-state index in [1.54, 1.807) is 0 Å². The van der Waals surface area contributed by atoms with E-state index in [2.05, 4.69) is 67.0 Å². The summed E-state index contributed by atoms with van der Waals surface area (Å²) in [6, 6.07) is 8.50. The van der Waals surface area contributed by atoms with E-state index in [0.29, 0.717) is 0 Å². The second-order valence-corrected chi connectivity index (χ2v) is 9.95. The van der Waals surface area contributed by atoms with Crippen LogP contribution in [-0.4, -0.2) is 8.07 Å². The molecule has 0 aliphatic carbocycles. The summed E-state index contributed by atoms with van der Waals surface area (Å²) in [6.07, 6.45) is 0. The Hall–Kier alpha value is -0.693. The van der Waals surface area contributed by atoms with Crippen LogP contribution in [0, 0.1) is 11.5 Å². The minimum Gasteiger partial charge on any atom is -0.246 e. The highest BCUT2D eigenvalue weighted by molar-refractivity contribution is 7.78. The van der Waals surface area contributed by atoms with Gasteiger partial charge in [-0.15, -0.1) is 5.54 Å². The first-order valence-corrected chi connectivity index (χ1v) is 9.34. The molecule has 0 bridgehead atoms. The normalized spacial score (nSPS) is 12.8. The van der Waals surface area contributed by atoms with Gasteiger partial charge in [0.1, 0.15) is 8.07 Å². The zero-order valence-electron chi connectivity index (χ0n) is 10.3. The highest BCUT2D eigenvalue weighted by Crippen LogP contribution is 2.13. The Balaban J connectivity index is 2.82. The van der Waals surface area contributed by atoms with Crippen LogP contribution in [0.15, 0.2) is 24.3 Å². The Labute approximate surface area is 105 Å². The zero-order chi connectivity index (χ0) is 12.2. The van der Waals surface area contributed by atoms with Crippen molar-refractivity contribution in [3.63, 3.8) is 0 Å². The third-order valence-electron chi connectivity index (χ3n) is 2.17. The first-order chi connectivity index (χ1) is 7.42. The van der Waals surface area contributed by atoms with Crippen molar-refractivity contribution in [1.82, 2.24) is 4.72 Å². The van der Waals surface area contributed by atoms with Crippen molar-refractivity contribution in [2.45, 2.75) is 32.6 Å². The molecule has 85 valence electrons. The molecule has 1 nitrogen and oxygen atoms in total. The molecule has 1 aromatic rings. The van der Waals surface area contributed by atoms with E-state index in [1.165, 1.54) is 5.56 Å². The monoisotopic (exact) mass is 248 g/mol. The average Bonchev–Trinajstić information content (AvgIpc) is 2.25. The molecule has 1 radical (unpaired) electrons. The van der Waals surface area contributed by atoms with E-state index in [-0.39, 0.29) is 6.04 Å². The third kappa shape index (κ3) is 4.44. The average molecular weight is 248 g/mol. The molecule has 0 saturated heterocycles. The van der Waals surface area contributed by atoms with E-state index in [0.717, 1.165) is 5.56 Å². The molecule has 0 aliphatic rings. The summed E-state index contributed by atoms with van der Waals surface area (Å²) in [6.45, 7) is 8.79. The summed E-state index contributed by atoms with van der Waals surface area (Å²) in [7, 11) is -1.27. The molecule has 0 unspecified atom stereocenters. The maximum atomic E-state index is 4.82. The fourth-order valence-corrected chi connectivity index (χ4v) is 1.84. The zero-order valence-corrected chi connectivity index (χ0v) is 12.1. The lowest BCUT2D eigenvalue weighted by Gasteiger charge is -2.08. The highest BCUT2D eigenvalue weighted by Gasteiger charge is 2.07. The Morgan fingerprint density at radius 1 is 1.19 bits per heavy atom. The first kappa shape index (κ1) is 13.4. The number of rotatable bonds is 2. The molecule has 1 atom stereocenters. The van der Waals surface area contributed by atoms with E-state index < -0.39 is 8.07 Å². The van der Waals surface area contributed by atoms with Crippen LogP contribution in [0.1, 0.15) is 24.1 Å². The lowest BCUT2D eigenvalue weighted by Crippen LogP contribution is -2.16. The number of nitrogens with one attached hydrogen (secondary N) is 1. The fourth-order valence-electron chi connectivity index (χ4n) is 1.18. The van der Waals surface area contributed by atoms with Crippen LogP contribution in [0.3, 0.4) is 0 Å². The quantitative estimate of drug-likeness (QED) is 0.622. The van der Waals surface area contributed by atoms with E-state index in [1.807, 2.05) is 0 Å². The molecule has 0 saturated carbocycles. The van der Waals surface area contributed by atoms with Gasteiger partial charge >= 0.3 is 0 Å². The highest BCUT2D eigenvalue weighted by atomic mass is 32.1. The van der Waals surface area contributed by atoms with Gasteiger partial charge in [-0.05, 0) is 24.6 Å². The molecule has 1 aromatic carbocycles. The molecule has 0 heterocycles. The van der Waals surface area contributed by atoms with Crippen molar-refractivity contribution >= 4 is 20.9 Å². The Bertz CT molecular complexity index is 395. The van der Waals surface area contributed by atoms with Crippen LogP contribution in [0.4, 0.5) is 0 Å². The van der Waals surface area contributed by atoms with Crippen LogP contribution < -0.4 is 4.72 Å². The smallest absolute Gasteiger partial charge is 0.129 e. The maximum Gasteiger partial charge on any atom is 0.129 e. The van der Waals surface area contributed by atoms with Crippen LogP contribution in [-0.2, 0) is 0 Å². The predicted molar refractivity (Wildman–Crippen MR) is 75.8 cm³/mol. The molecule has 0 aliphatic heterocycles. The second kappa shape index (κ2) is 5.58. The number of hydrogen-bond donors (Lipinski definition) is 1. The van der Waals surface area contributed by atoms with Gasteiger partial charge in [0, 0.05) is 24.4 Å². The molecule has 16 heavy (non-hydrogen) atoms. The van der Waals surface area contributed by atoms with E-state index >= 15 is 0 Å². The van der Waals surface area contributed by atoms with Gasteiger partial charge in [-0.3, -0.25) is 0 Å². The Morgan fingerprint density at radius 3 is 2.19 bits per heavy atom. The van der Waals surface area contributed by atoms with Gasteiger partial charge in [-0.25, -0.2) is 4.72 Å². The van der Waals surface area contributed by atoms with E-state index in [4.69, 9.17) is 12.8 Å². The van der Waals surface area contributed by atoms with Crippen LogP contribution in [0.2, 0.25) is 19.6 Å². The van der Waals surface area contributed by atoms with Gasteiger partial charge in [0.15, 0.2) is 0 Å². The number of benzene rings is 1. The van der Waals surface area contributed by atoms with Gasteiger partial charge in [0.2, 0.25) is 0 Å². The molecule has 0 aromatic heterocycles. The molecule has 1 rings (SSSR count). The van der Waals surface area contributed by atoms with Gasteiger partial charge in [0.25, 0.3) is 0 Å². The molecule has 3 heteroatoms. The van der Waals surface area contributed by atoms with Gasteiger partial charge in [0.05, 0.1) is 0 Å². The predicted octanol–water partition coefficient (Wildman–Crippen LogP) is 3.68. The lowest BCUT2D eigenvalue weighted by molar-refractivity contribution is 0.759. The Morgan fingerprint density at radius 2 is 1.75 bits per heavy atom. The van der Waals surface area contributed by atoms with Crippen molar-refractivity contribution in [2.24, 2.45) is 0 Å². The van der Waals surface area contributed by atoms with Gasteiger partial charge in [-0.2, -0.15) is 0 Å². The van der Waals surface area contributed by atoms with Crippen molar-refractivity contribution in [1.29, 1.82) is 0 Å². The van der Waals surface area contributed by atoms with Crippen molar-refractivity contribution in [2.75, 3.05) is 0 Å². The van der Waals surface area contributed by atoms with Crippen molar-refractivity contribution in [3.8, 4) is 11.5 Å². The Kier molecular flexibility index (Phi) is 4.66. The molecule has 0 spiro atoms. The summed E-state index contributed by atoms with van der Waals surface area (Å²) in [5, 5.41) is 0. The molecular weight excluding hydrogens is 230 g/mol. The SMILES string of the molecule is C[C@@H](N[S])c1ccc(C#C[Si](C)(C)C)cc1. The van der Waals surface area contributed by atoms with Gasteiger partial charge < -0.3 is 0 Å². The summed E-state index contributed by atoms with van der Waals surface area (Å²) >= 11 is 4.82. The van der Waals surface area contributed by atoms with Gasteiger partial charge in [-0.1, -0.05) is 37.7 Å². The minimum atomic E-state index is -1.27. The minimum absolute atomic E-state index is 0.217. The summed E-state index contributed by atoms with van der Waals surface area (Å²) in [4.78, 5) is 0. The fraction of sp³-hybridized carbons (Fsp3) is 0.385. The molecule has 0 amide bonds. The van der Waals surface area contributed by atoms with Crippen molar-refractivity contribution in [3.05, 3.63) is 35.4 Å². The van der Waals surface area contributed by atoms with Crippen LogP contribution >= 0.6 is 12.8 Å². The standard InChI is InChI=1S/C13H18NSSi/c1-11(14-15)13-7-5-12(6-8-13)9-10-16(2,3)4/h5-8,11,14H,1-4H3/t11-/m1/s1. The molecule has 0 fully saturated rings. The summed E-state index contributed by atoms with van der Waals surface area (Å²) in [5.74, 6) is 3.23. The third-order valence-corrected chi connectivity index (χ3v) is 3.40. The number of hydrogen-bond acceptors (Lipinski definition) is 1. The van der Waals surface area contributed by atoms with Crippen molar-refractivity contribution < 1.29 is 0 Å². The van der Waals surface area contributed by atoms with Crippen LogP contribution in [0.5, 0.6) is 0 Å². The molecule has 1 N–H and O–H groups in total. The summed E-state index contributed by atoms with van der Waals surface area (Å²) in [5.41, 5.74) is 5.64. The first-order valence-electron chi connectivity index (χ1n) is 5.43. The lowest BCUT2D eigenvalue weighted by atomic mass is 10.1. The second-order valence-electron chi connectivity index (χ2n) is 4.96. The maximum absolute atomic E-state index is 4.82. The van der Waals surface area contributed by atoms with E-state index in [9.17, 15) is 0 Å². The van der Waals surface area contributed by atoms with Crippen LogP contribution in [0.25, 0.3) is 0 Å². The largest absolute Gasteiger partial charge is 0.246 e. The molecular formula is C13H18NSSi. The topological polar surface area (TPSA) is 12.0 Å².